The predicted molar refractivity (Wildman–Crippen MR) is 92.8 cm³/mol. The lowest BCUT2D eigenvalue weighted by atomic mass is 10.0. The van der Waals surface area contributed by atoms with Crippen LogP contribution in [0.15, 0.2) is 51.6 Å². The summed E-state index contributed by atoms with van der Waals surface area (Å²) < 4.78 is 15.7. The standard InChI is InChI=1S/C18H18N4O4/c1-24-14-6-4-13(5-7-14)19-16(23)11-22-9-12(10-22)18-20-17(21-26-18)15-3-2-8-25-15/h2-8,12H,9-11H2,1H3,(H,19,23). The smallest absolute Gasteiger partial charge is 0.238 e. The molecule has 1 aliphatic heterocycles. The first kappa shape index (κ1) is 16.3. The van der Waals surface area contributed by atoms with E-state index in [0.717, 1.165) is 11.4 Å². The SMILES string of the molecule is COc1ccc(NC(=O)CN2CC(c3nc(-c4ccco4)no3)C2)cc1. The van der Waals surface area contributed by atoms with Crippen LogP contribution in [0.2, 0.25) is 0 Å². The number of nitrogens with zero attached hydrogens (tertiary/aromatic N) is 3. The molecule has 8 heteroatoms. The number of anilines is 1. The second-order valence-electron chi connectivity index (χ2n) is 6.10. The summed E-state index contributed by atoms with van der Waals surface area (Å²) >= 11 is 0. The number of amides is 1. The van der Waals surface area contributed by atoms with Crippen molar-refractivity contribution in [3.8, 4) is 17.3 Å². The van der Waals surface area contributed by atoms with Gasteiger partial charge in [0.25, 0.3) is 0 Å². The monoisotopic (exact) mass is 354 g/mol. The first-order valence-electron chi connectivity index (χ1n) is 8.25. The van der Waals surface area contributed by atoms with E-state index in [2.05, 4.69) is 15.5 Å². The molecular formula is C18H18N4O4. The van der Waals surface area contributed by atoms with Crippen LogP contribution in [0.5, 0.6) is 5.75 Å². The fourth-order valence-corrected chi connectivity index (χ4v) is 2.84. The summed E-state index contributed by atoms with van der Waals surface area (Å²) in [6.07, 6.45) is 1.57. The number of methoxy groups -OCH3 is 1. The molecule has 1 fully saturated rings. The van der Waals surface area contributed by atoms with E-state index in [1.165, 1.54) is 0 Å². The van der Waals surface area contributed by atoms with Crippen molar-refractivity contribution in [1.82, 2.24) is 15.0 Å². The molecule has 4 rings (SSSR count). The molecule has 8 nitrogen and oxygen atoms in total. The van der Waals surface area contributed by atoms with Gasteiger partial charge in [-0.25, -0.2) is 0 Å². The molecule has 0 aliphatic carbocycles. The Morgan fingerprint density at radius 3 is 2.81 bits per heavy atom. The number of carbonyl (C=O) groups is 1. The van der Waals surface area contributed by atoms with Crippen molar-refractivity contribution in [2.24, 2.45) is 0 Å². The zero-order valence-electron chi connectivity index (χ0n) is 14.2. The van der Waals surface area contributed by atoms with Crippen LogP contribution in [0.3, 0.4) is 0 Å². The second-order valence-corrected chi connectivity index (χ2v) is 6.10. The van der Waals surface area contributed by atoms with Gasteiger partial charge in [0, 0.05) is 18.8 Å². The number of rotatable bonds is 6. The van der Waals surface area contributed by atoms with Crippen molar-refractivity contribution < 1.29 is 18.5 Å². The van der Waals surface area contributed by atoms with Crippen molar-refractivity contribution in [3.05, 3.63) is 48.6 Å². The molecule has 1 N–H and O–H groups in total. The molecule has 1 aliphatic rings. The van der Waals surface area contributed by atoms with Crippen molar-refractivity contribution in [2.75, 3.05) is 32.1 Å². The number of nitrogens with one attached hydrogen (secondary N) is 1. The first-order chi connectivity index (χ1) is 12.7. The summed E-state index contributed by atoms with van der Waals surface area (Å²) in [5.41, 5.74) is 0.743. The van der Waals surface area contributed by atoms with Crippen molar-refractivity contribution in [3.63, 3.8) is 0 Å². The molecule has 0 unspecified atom stereocenters. The third-order valence-electron chi connectivity index (χ3n) is 4.23. The molecule has 0 atom stereocenters. The largest absolute Gasteiger partial charge is 0.497 e. The van der Waals surface area contributed by atoms with Crippen LogP contribution in [0.25, 0.3) is 11.6 Å². The zero-order valence-corrected chi connectivity index (χ0v) is 14.2. The fourth-order valence-electron chi connectivity index (χ4n) is 2.84. The highest BCUT2D eigenvalue weighted by atomic mass is 16.5. The van der Waals surface area contributed by atoms with E-state index in [1.54, 1.807) is 25.5 Å². The molecule has 0 saturated carbocycles. The van der Waals surface area contributed by atoms with Gasteiger partial charge in [-0.15, -0.1) is 0 Å². The Hall–Kier alpha value is -3.13. The molecule has 1 aromatic carbocycles. The molecule has 0 spiro atoms. The van der Waals surface area contributed by atoms with E-state index in [0.29, 0.717) is 37.1 Å². The normalized spacial score (nSPS) is 14.8. The Balaban J connectivity index is 1.26. The Morgan fingerprint density at radius 1 is 1.31 bits per heavy atom. The zero-order chi connectivity index (χ0) is 17.9. The highest BCUT2D eigenvalue weighted by Gasteiger charge is 2.33. The van der Waals surface area contributed by atoms with Crippen molar-refractivity contribution in [2.45, 2.75) is 5.92 Å². The topological polar surface area (TPSA) is 93.6 Å². The van der Waals surface area contributed by atoms with Gasteiger partial charge in [0.1, 0.15) is 5.75 Å². The van der Waals surface area contributed by atoms with Crippen LogP contribution < -0.4 is 10.1 Å². The lowest BCUT2D eigenvalue weighted by Gasteiger charge is -2.36. The third kappa shape index (κ3) is 3.45. The highest BCUT2D eigenvalue weighted by Crippen LogP contribution is 2.27. The Bertz CT molecular complexity index is 867. The Morgan fingerprint density at radius 2 is 2.12 bits per heavy atom. The van der Waals surface area contributed by atoms with Crippen LogP contribution >= 0.6 is 0 Å². The van der Waals surface area contributed by atoms with Gasteiger partial charge in [-0.05, 0) is 36.4 Å². The van der Waals surface area contributed by atoms with Gasteiger partial charge in [0.05, 0.1) is 25.8 Å². The summed E-state index contributed by atoms with van der Waals surface area (Å²) in [5, 5.41) is 6.80. The van der Waals surface area contributed by atoms with Gasteiger partial charge in [-0.3, -0.25) is 9.69 Å². The number of hydrogen-bond acceptors (Lipinski definition) is 7. The highest BCUT2D eigenvalue weighted by molar-refractivity contribution is 5.92. The van der Waals surface area contributed by atoms with Crippen LogP contribution in [-0.4, -0.2) is 47.7 Å². The van der Waals surface area contributed by atoms with Crippen LogP contribution in [-0.2, 0) is 4.79 Å². The number of aromatic nitrogens is 2. The lowest BCUT2D eigenvalue weighted by Crippen LogP contribution is -2.48. The van der Waals surface area contributed by atoms with Crippen LogP contribution in [0.1, 0.15) is 11.8 Å². The van der Waals surface area contributed by atoms with Gasteiger partial charge < -0.3 is 19.0 Å². The quantitative estimate of drug-likeness (QED) is 0.726. The van der Waals surface area contributed by atoms with Gasteiger partial charge in [-0.1, -0.05) is 5.16 Å². The lowest BCUT2D eigenvalue weighted by molar-refractivity contribution is -0.118. The predicted octanol–water partition coefficient (Wildman–Crippen LogP) is 2.38. The minimum atomic E-state index is -0.0598. The maximum atomic E-state index is 12.1. The van der Waals surface area contributed by atoms with Gasteiger partial charge in [0.15, 0.2) is 5.76 Å². The molecule has 134 valence electrons. The van der Waals surface area contributed by atoms with E-state index < -0.39 is 0 Å². The van der Waals surface area contributed by atoms with Crippen LogP contribution in [0, 0.1) is 0 Å². The number of ether oxygens (including phenoxy) is 1. The van der Waals surface area contributed by atoms with Gasteiger partial charge in [0.2, 0.25) is 17.6 Å². The van der Waals surface area contributed by atoms with Crippen LogP contribution in [0.4, 0.5) is 5.69 Å². The third-order valence-corrected chi connectivity index (χ3v) is 4.23. The second kappa shape index (κ2) is 7.01. The number of carbonyl (C=O) groups excluding carboxylic acids is 1. The summed E-state index contributed by atoms with van der Waals surface area (Å²) in [6.45, 7) is 1.73. The Kier molecular flexibility index (Phi) is 4.40. The molecule has 1 saturated heterocycles. The van der Waals surface area contributed by atoms with E-state index in [-0.39, 0.29) is 11.8 Å². The molecule has 1 amide bonds. The maximum Gasteiger partial charge on any atom is 0.238 e. The average Bonchev–Trinajstić information content (AvgIpc) is 3.29. The molecule has 2 aromatic heterocycles. The van der Waals surface area contributed by atoms with Crippen molar-refractivity contribution >= 4 is 11.6 Å². The summed E-state index contributed by atoms with van der Waals surface area (Å²) in [6, 6.07) is 10.8. The Labute approximate surface area is 149 Å². The molecule has 3 aromatic rings. The number of furan rings is 1. The fraction of sp³-hybridized carbons (Fsp3) is 0.278. The molecule has 0 bridgehead atoms. The van der Waals surface area contributed by atoms with E-state index >= 15 is 0 Å². The number of benzene rings is 1. The molecular weight excluding hydrogens is 336 g/mol. The minimum Gasteiger partial charge on any atom is -0.497 e. The molecule has 3 heterocycles. The summed E-state index contributed by atoms with van der Waals surface area (Å²) in [4.78, 5) is 18.5. The van der Waals surface area contributed by atoms with E-state index in [4.69, 9.17) is 13.7 Å². The molecule has 26 heavy (non-hydrogen) atoms. The summed E-state index contributed by atoms with van der Waals surface area (Å²) in [5.74, 6) is 2.43. The number of likely N-dealkylation sites (tertiary alicyclic amines) is 1. The molecule has 0 radical (unpaired) electrons. The summed E-state index contributed by atoms with van der Waals surface area (Å²) in [7, 11) is 1.61. The van der Waals surface area contributed by atoms with Crippen molar-refractivity contribution in [1.29, 1.82) is 0 Å². The van der Waals surface area contributed by atoms with Gasteiger partial charge in [-0.2, -0.15) is 4.98 Å². The van der Waals surface area contributed by atoms with Gasteiger partial charge >= 0.3 is 0 Å². The van der Waals surface area contributed by atoms with E-state index in [1.807, 2.05) is 29.2 Å². The maximum absolute atomic E-state index is 12.1. The first-order valence-corrected chi connectivity index (χ1v) is 8.25. The minimum absolute atomic E-state index is 0.0598. The number of hydrogen-bond donors (Lipinski definition) is 1. The average molecular weight is 354 g/mol. The van der Waals surface area contributed by atoms with E-state index in [9.17, 15) is 4.79 Å².